The van der Waals surface area contributed by atoms with Gasteiger partial charge in [-0.1, -0.05) is 12.1 Å². The molecular weight excluding hydrogens is 298 g/mol. The number of benzene rings is 1. The molecule has 0 aliphatic carbocycles. The molecule has 1 aromatic rings. The summed E-state index contributed by atoms with van der Waals surface area (Å²) < 4.78 is 10.7. The quantitative estimate of drug-likeness (QED) is 0.827. The third kappa shape index (κ3) is 4.69. The summed E-state index contributed by atoms with van der Waals surface area (Å²) in [5.74, 6) is -0.196. The second-order valence-corrected chi connectivity index (χ2v) is 5.64. The number of carbonyl (C=O) groups excluding carboxylic acids is 1. The maximum atomic E-state index is 12.5. The lowest BCUT2D eigenvalue weighted by molar-refractivity contribution is -0.139. The second-order valence-electron chi connectivity index (χ2n) is 5.64. The molecule has 2 unspecified atom stereocenters. The van der Waals surface area contributed by atoms with Crippen molar-refractivity contribution >= 4 is 11.9 Å². The highest BCUT2D eigenvalue weighted by Gasteiger charge is 2.36. The Balaban J connectivity index is 2.01. The van der Waals surface area contributed by atoms with Crippen LogP contribution in [0.25, 0.3) is 0 Å². The van der Waals surface area contributed by atoms with Crippen molar-refractivity contribution in [2.45, 2.75) is 38.3 Å². The van der Waals surface area contributed by atoms with E-state index in [9.17, 15) is 9.59 Å². The summed E-state index contributed by atoms with van der Waals surface area (Å²) in [6.45, 7) is 2.96. The number of ether oxygens (including phenoxy) is 2. The number of aliphatic carboxylic acids is 1. The molecule has 0 bridgehead atoms. The number of carbonyl (C=O) groups is 2. The summed E-state index contributed by atoms with van der Waals surface area (Å²) in [5.41, 5.74) is 0.883. The highest BCUT2D eigenvalue weighted by molar-refractivity contribution is 5.80. The van der Waals surface area contributed by atoms with Crippen LogP contribution in [0.3, 0.4) is 0 Å². The van der Waals surface area contributed by atoms with Crippen molar-refractivity contribution < 1.29 is 24.2 Å². The van der Waals surface area contributed by atoms with Crippen molar-refractivity contribution in [1.29, 1.82) is 0 Å². The zero-order valence-corrected chi connectivity index (χ0v) is 13.5. The Morgan fingerprint density at radius 2 is 2.00 bits per heavy atom. The summed E-state index contributed by atoms with van der Waals surface area (Å²) in [5, 5.41) is 9.01. The standard InChI is InChI=1S/C17H23NO5/c1-3-23-14-6-4-12(5-7-14)8-16(19)18-11-15(22-2)9-13(18)10-17(20)21/h4-7,13,15H,3,8-11H2,1-2H3,(H,20,21). The van der Waals surface area contributed by atoms with E-state index in [1.165, 1.54) is 0 Å². The fourth-order valence-corrected chi connectivity index (χ4v) is 2.89. The molecule has 1 aliphatic rings. The average molecular weight is 321 g/mol. The smallest absolute Gasteiger partial charge is 0.305 e. The predicted molar refractivity (Wildman–Crippen MR) is 84.5 cm³/mol. The van der Waals surface area contributed by atoms with E-state index in [0.717, 1.165) is 11.3 Å². The van der Waals surface area contributed by atoms with Gasteiger partial charge in [0.25, 0.3) is 0 Å². The molecule has 0 aromatic heterocycles. The Morgan fingerprint density at radius 1 is 1.30 bits per heavy atom. The van der Waals surface area contributed by atoms with E-state index in [2.05, 4.69) is 0 Å². The van der Waals surface area contributed by atoms with Crippen molar-refractivity contribution in [2.24, 2.45) is 0 Å². The van der Waals surface area contributed by atoms with Crippen LogP contribution in [0.1, 0.15) is 25.3 Å². The highest BCUT2D eigenvalue weighted by Crippen LogP contribution is 2.24. The van der Waals surface area contributed by atoms with Crippen molar-refractivity contribution in [3.63, 3.8) is 0 Å². The summed E-state index contributed by atoms with van der Waals surface area (Å²) in [4.78, 5) is 25.1. The van der Waals surface area contributed by atoms with Gasteiger partial charge >= 0.3 is 5.97 Å². The number of nitrogens with zero attached hydrogens (tertiary/aromatic N) is 1. The average Bonchev–Trinajstić information content (AvgIpc) is 2.92. The van der Waals surface area contributed by atoms with Crippen LogP contribution >= 0.6 is 0 Å². The van der Waals surface area contributed by atoms with Crippen LogP contribution in [0, 0.1) is 0 Å². The third-order valence-corrected chi connectivity index (χ3v) is 4.03. The minimum Gasteiger partial charge on any atom is -0.494 e. The summed E-state index contributed by atoms with van der Waals surface area (Å²) in [6, 6.07) is 7.09. The van der Waals surface area contributed by atoms with Crippen LogP contribution in [-0.2, 0) is 20.7 Å². The van der Waals surface area contributed by atoms with Gasteiger partial charge in [-0.25, -0.2) is 0 Å². The lowest BCUT2D eigenvalue weighted by atomic mass is 10.1. The van der Waals surface area contributed by atoms with Gasteiger partial charge in [-0.3, -0.25) is 9.59 Å². The van der Waals surface area contributed by atoms with Gasteiger partial charge in [-0.05, 0) is 31.0 Å². The number of rotatable bonds is 7. The van der Waals surface area contributed by atoms with Gasteiger partial charge in [0.1, 0.15) is 5.75 Å². The highest BCUT2D eigenvalue weighted by atomic mass is 16.5. The third-order valence-electron chi connectivity index (χ3n) is 4.03. The van der Waals surface area contributed by atoms with E-state index >= 15 is 0 Å². The number of hydrogen-bond acceptors (Lipinski definition) is 4. The maximum Gasteiger partial charge on any atom is 0.305 e. The first-order chi connectivity index (χ1) is 11.0. The van der Waals surface area contributed by atoms with Gasteiger partial charge in [-0.15, -0.1) is 0 Å². The molecule has 6 heteroatoms. The minimum absolute atomic E-state index is 0.0467. The van der Waals surface area contributed by atoms with Crippen molar-refractivity contribution in [1.82, 2.24) is 4.90 Å². The van der Waals surface area contributed by atoms with Gasteiger partial charge in [0.2, 0.25) is 5.91 Å². The first-order valence-electron chi connectivity index (χ1n) is 7.79. The fourth-order valence-electron chi connectivity index (χ4n) is 2.89. The Hall–Kier alpha value is -2.08. The lowest BCUT2D eigenvalue weighted by Crippen LogP contribution is -2.38. The lowest BCUT2D eigenvalue weighted by Gasteiger charge is -2.23. The topological polar surface area (TPSA) is 76.1 Å². The summed E-state index contributed by atoms with van der Waals surface area (Å²) in [6.07, 6.45) is 0.676. The van der Waals surface area contributed by atoms with Crippen LogP contribution in [-0.4, -0.2) is 54.3 Å². The van der Waals surface area contributed by atoms with Gasteiger partial charge < -0.3 is 19.5 Å². The van der Waals surface area contributed by atoms with E-state index in [0.29, 0.717) is 19.6 Å². The predicted octanol–water partition coefficient (Wildman–Crippen LogP) is 1.72. The molecule has 2 rings (SSSR count). The van der Waals surface area contributed by atoms with Crippen LogP contribution in [0.4, 0.5) is 0 Å². The molecule has 1 amide bonds. The van der Waals surface area contributed by atoms with Crippen molar-refractivity contribution in [2.75, 3.05) is 20.3 Å². The molecule has 0 saturated carbocycles. The maximum absolute atomic E-state index is 12.5. The minimum atomic E-state index is -0.898. The second kappa shape index (κ2) is 7.97. The molecule has 1 N–H and O–H groups in total. The number of amides is 1. The van der Waals surface area contributed by atoms with E-state index < -0.39 is 5.97 Å². The molecular formula is C17H23NO5. The summed E-state index contributed by atoms with van der Waals surface area (Å²) in [7, 11) is 1.59. The molecule has 126 valence electrons. The SMILES string of the molecule is CCOc1ccc(CC(=O)N2CC(OC)CC2CC(=O)O)cc1. The Bertz CT molecular complexity index is 542. The van der Waals surface area contributed by atoms with Crippen LogP contribution in [0.5, 0.6) is 5.75 Å². The Morgan fingerprint density at radius 3 is 2.57 bits per heavy atom. The van der Waals surface area contributed by atoms with Gasteiger partial charge in [-0.2, -0.15) is 0 Å². The molecule has 6 nitrogen and oxygen atoms in total. The normalized spacial score (nSPS) is 20.5. The Labute approximate surface area is 136 Å². The fraction of sp³-hybridized carbons (Fsp3) is 0.529. The van der Waals surface area contributed by atoms with Crippen LogP contribution in [0.2, 0.25) is 0 Å². The van der Waals surface area contributed by atoms with Gasteiger partial charge in [0.15, 0.2) is 0 Å². The molecule has 0 spiro atoms. The number of methoxy groups -OCH3 is 1. The number of carboxylic acid groups (broad SMARTS) is 1. The largest absolute Gasteiger partial charge is 0.494 e. The van der Waals surface area contributed by atoms with E-state index in [4.69, 9.17) is 14.6 Å². The molecule has 23 heavy (non-hydrogen) atoms. The molecule has 1 aromatic carbocycles. The van der Waals surface area contributed by atoms with Gasteiger partial charge in [0, 0.05) is 19.7 Å². The first-order valence-corrected chi connectivity index (χ1v) is 7.79. The van der Waals surface area contributed by atoms with E-state index in [-0.39, 0.29) is 30.9 Å². The van der Waals surface area contributed by atoms with E-state index in [1.54, 1.807) is 12.0 Å². The molecule has 1 aliphatic heterocycles. The van der Waals surface area contributed by atoms with Gasteiger partial charge in [0.05, 0.1) is 25.6 Å². The zero-order valence-electron chi connectivity index (χ0n) is 13.5. The number of likely N-dealkylation sites (tertiary alicyclic amines) is 1. The molecule has 2 atom stereocenters. The number of carboxylic acids is 1. The number of hydrogen-bond donors (Lipinski definition) is 1. The van der Waals surface area contributed by atoms with Crippen molar-refractivity contribution in [3.8, 4) is 5.75 Å². The summed E-state index contributed by atoms with van der Waals surface area (Å²) >= 11 is 0. The van der Waals surface area contributed by atoms with E-state index in [1.807, 2.05) is 31.2 Å². The Kier molecular flexibility index (Phi) is 5.98. The zero-order chi connectivity index (χ0) is 16.8. The van der Waals surface area contributed by atoms with Crippen molar-refractivity contribution in [3.05, 3.63) is 29.8 Å². The van der Waals surface area contributed by atoms with Crippen LogP contribution < -0.4 is 4.74 Å². The first kappa shape index (κ1) is 17.3. The molecule has 0 radical (unpaired) electrons. The molecule has 1 fully saturated rings. The molecule has 1 heterocycles. The monoisotopic (exact) mass is 321 g/mol. The molecule has 1 saturated heterocycles. The van der Waals surface area contributed by atoms with Crippen LogP contribution in [0.15, 0.2) is 24.3 Å².